The molecule has 4 heteroatoms. The van der Waals surface area contributed by atoms with Gasteiger partial charge in [0.05, 0.1) is 11.4 Å². The maximum Gasteiger partial charge on any atom is 0.137 e. The minimum atomic E-state index is 0.417. The van der Waals surface area contributed by atoms with E-state index >= 15 is 0 Å². The Labute approximate surface area is 96.3 Å². The number of rotatable bonds is 3. The molecule has 0 spiro atoms. The number of imidazole rings is 1. The summed E-state index contributed by atoms with van der Waals surface area (Å²) in [6, 6.07) is 3.89. The number of aromatic nitrogens is 2. The van der Waals surface area contributed by atoms with Gasteiger partial charge in [0.25, 0.3) is 0 Å². The second-order valence-electron chi connectivity index (χ2n) is 3.31. The van der Waals surface area contributed by atoms with E-state index in [1.54, 1.807) is 0 Å². The average Bonchev–Trinajstić information content (AvgIpc) is 2.57. The van der Waals surface area contributed by atoms with Crippen LogP contribution < -0.4 is 0 Å². The van der Waals surface area contributed by atoms with Gasteiger partial charge in [-0.3, -0.25) is 0 Å². The second kappa shape index (κ2) is 4.14. The third kappa shape index (κ3) is 1.81. The molecule has 0 atom stereocenters. The third-order valence-corrected chi connectivity index (χ3v) is 2.84. The van der Waals surface area contributed by atoms with Crippen LogP contribution in [0.3, 0.4) is 0 Å². The maximum absolute atomic E-state index is 10.6. The molecule has 0 saturated heterocycles. The third-order valence-electron chi connectivity index (χ3n) is 2.38. The van der Waals surface area contributed by atoms with Crippen LogP contribution in [0.2, 0.25) is 0 Å². The van der Waals surface area contributed by atoms with Crippen molar-refractivity contribution in [3.8, 4) is 0 Å². The van der Waals surface area contributed by atoms with E-state index in [-0.39, 0.29) is 0 Å². The lowest BCUT2D eigenvalue weighted by Gasteiger charge is -1.99. The van der Waals surface area contributed by atoms with Crippen LogP contribution in [0.15, 0.2) is 22.8 Å². The van der Waals surface area contributed by atoms with Crippen molar-refractivity contribution in [2.45, 2.75) is 19.8 Å². The van der Waals surface area contributed by atoms with Gasteiger partial charge in [0, 0.05) is 17.1 Å². The van der Waals surface area contributed by atoms with Crippen molar-refractivity contribution in [2.24, 2.45) is 0 Å². The molecule has 2 rings (SSSR count). The highest BCUT2D eigenvalue weighted by Gasteiger charge is 2.09. The van der Waals surface area contributed by atoms with Gasteiger partial charge in [-0.05, 0) is 34.5 Å². The molecule has 0 amide bonds. The van der Waals surface area contributed by atoms with Crippen molar-refractivity contribution in [3.05, 3.63) is 34.2 Å². The SMILES string of the molecule is CCc1nc2ccc(Br)cn2c1CC=O. The number of fused-ring (bicyclic) bond motifs is 1. The lowest BCUT2D eigenvalue weighted by Crippen LogP contribution is -1.97. The van der Waals surface area contributed by atoms with Crippen molar-refractivity contribution < 1.29 is 4.79 Å². The summed E-state index contributed by atoms with van der Waals surface area (Å²) in [5.41, 5.74) is 2.89. The molecule has 0 aromatic carbocycles. The van der Waals surface area contributed by atoms with Crippen molar-refractivity contribution >= 4 is 27.9 Å². The van der Waals surface area contributed by atoms with Crippen LogP contribution in [-0.4, -0.2) is 15.7 Å². The molecule has 0 aliphatic carbocycles. The van der Waals surface area contributed by atoms with E-state index in [2.05, 4.69) is 20.9 Å². The predicted molar refractivity (Wildman–Crippen MR) is 62.0 cm³/mol. The number of hydrogen-bond donors (Lipinski definition) is 0. The topological polar surface area (TPSA) is 34.4 Å². The Balaban J connectivity index is 2.70. The number of pyridine rings is 1. The van der Waals surface area contributed by atoms with Crippen LogP contribution in [0, 0.1) is 0 Å². The Morgan fingerprint density at radius 1 is 1.53 bits per heavy atom. The zero-order valence-electron chi connectivity index (χ0n) is 8.40. The van der Waals surface area contributed by atoms with E-state index in [1.807, 2.05) is 29.7 Å². The number of nitrogens with zero attached hydrogens (tertiary/aromatic N) is 2. The number of halogens is 1. The summed E-state index contributed by atoms with van der Waals surface area (Å²) in [5.74, 6) is 0. The van der Waals surface area contributed by atoms with Gasteiger partial charge in [-0.2, -0.15) is 0 Å². The lowest BCUT2D eigenvalue weighted by atomic mass is 10.2. The van der Waals surface area contributed by atoms with E-state index < -0.39 is 0 Å². The molecule has 0 N–H and O–H groups in total. The first-order valence-electron chi connectivity index (χ1n) is 4.85. The van der Waals surface area contributed by atoms with Crippen LogP contribution in [-0.2, 0) is 17.6 Å². The van der Waals surface area contributed by atoms with Crippen LogP contribution in [0.4, 0.5) is 0 Å². The summed E-state index contributed by atoms with van der Waals surface area (Å²) in [6.07, 6.45) is 4.13. The molecule has 0 saturated carbocycles. The standard InChI is InChI=1S/C11H11BrN2O/c1-2-9-10(5-6-15)14-7-8(12)3-4-11(14)13-9/h3-4,6-7H,2,5H2,1H3. The fourth-order valence-corrected chi connectivity index (χ4v) is 2.03. The highest BCUT2D eigenvalue weighted by Crippen LogP contribution is 2.17. The molecule has 0 radical (unpaired) electrons. The number of aryl methyl sites for hydroxylation is 1. The van der Waals surface area contributed by atoms with E-state index in [4.69, 9.17) is 0 Å². The number of carbonyl (C=O) groups is 1. The molecule has 0 aliphatic heterocycles. The average molecular weight is 267 g/mol. The first-order valence-corrected chi connectivity index (χ1v) is 5.64. The van der Waals surface area contributed by atoms with Crippen LogP contribution in [0.5, 0.6) is 0 Å². The summed E-state index contributed by atoms with van der Waals surface area (Å²) in [5, 5.41) is 0. The first kappa shape index (κ1) is 10.4. The smallest absolute Gasteiger partial charge is 0.137 e. The van der Waals surface area contributed by atoms with E-state index in [9.17, 15) is 4.79 Å². The van der Waals surface area contributed by atoms with Gasteiger partial charge in [-0.1, -0.05) is 6.92 Å². The molecule has 15 heavy (non-hydrogen) atoms. The summed E-state index contributed by atoms with van der Waals surface area (Å²) < 4.78 is 2.96. The largest absolute Gasteiger partial charge is 0.303 e. The van der Waals surface area contributed by atoms with Crippen LogP contribution in [0.1, 0.15) is 18.3 Å². The normalized spacial score (nSPS) is 10.8. The molecule has 2 heterocycles. The van der Waals surface area contributed by atoms with Gasteiger partial charge in [0.2, 0.25) is 0 Å². The fraction of sp³-hybridized carbons (Fsp3) is 0.273. The first-order chi connectivity index (χ1) is 7.26. The monoisotopic (exact) mass is 266 g/mol. The molecular weight excluding hydrogens is 256 g/mol. The summed E-state index contributed by atoms with van der Waals surface area (Å²) in [4.78, 5) is 15.1. The Morgan fingerprint density at radius 2 is 2.33 bits per heavy atom. The lowest BCUT2D eigenvalue weighted by molar-refractivity contribution is -0.107. The Hall–Kier alpha value is -1.16. The molecule has 2 aromatic heterocycles. The summed E-state index contributed by atoms with van der Waals surface area (Å²) in [6.45, 7) is 2.05. The molecule has 78 valence electrons. The summed E-state index contributed by atoms with van der Waals surface area (Å²) in [7, 11) is 0. The van der Waals surface area contributed by atoms with Crippen LogP contribution in [0.25, 0.3) is 5.65 Å². The van der Waals surface area contributed by atoms with Crippen molar-refractivity contribution in [1.29, 1.82) is 0 Å². The second-order valence-corrected chi connectivity index (χ2v) is 4.22. The van der Waals surface area contributed by atoms with Crippen molar-refractivity contribution in [3.63, 3.8) is 0 Å². The van der Waals surface area contributed by atoms with Crippen molar-refractivity contribution in [2.75, 3.05) is 0 Å². The molecule has 3 nitrogen and oxygen atoms in total. The highest BCUT2D eigenvalue weighted by molar-refractivity contribution is 9.10. The van der Waals surface area contributed by atoms with Gasteiger partial charge >= 0.3 is 0 Å². The van der Waals surface area contributed by atoms with Gasteiger partial charge in [-0.15, -0.1) is 0 Å². The fourth-order valence-electron chi connectivity index (χ4n) is 1.69. The number of carbonyl (C=O) groups excluding carboxylic acids is 1. The molecular formula is C11H11BrN2O. The Morgan fingerprint density at radius 3 is 3.00 bits per heavy atom. The quantitative estimate of drug-likeness (QED) is 0.800. The minimum absolute atomic E-state index is 0.417. The molecule has 0 fully saturated rings. The zero-order valence-corrected chi connectivity index (χ0v) is 9.99. The van der Waals surface area contributed by atoms with Gasteiger partial charge < -0.3 is 9.20 Å². The number of aldehydes is 1. The van der Waals surface area contributed by atoms with E-state index in [0.717, 1.165) is 34.2 Å². The highest BCUT2D eigenvalue weighted by atomic mass is 79.9. The van der Waals surface area contributed by atoms with E-state index in [0.29, 0.717) is 6.42 Å². The number of hydrogen-bond acceptors (Lipinski definition) is 2. The van der Waals surface area contributed by atoms with Gasteiger partial charge in [0.1, 0.15) is 11.9 Å². The summed E-state index contributed by atoms with van der Waals surface area (Å²) >= 11 is 3.41. The van der Waals surface area contributed by atoms with Gasteiger partial charge in [0.15, 0.2) is 0 Å². The minimum Gasteiger partial charge on any atom is -0.303 e. The van der Waals surface area contributed by atoms with Gasteiger partial charge in [-0.25, -0.2) is 4.98 Å². The Kier molecular flexibility index (Phi) is 2.86. The zero-order chi connectivity index (χ0) is 10.8. The Bertz CT molecular complexity index is 505. The maximum atomic E-state index is 10.6. The van der Waals surface area contributed by atoms with Crippen molar-refractivity contribution in [1.82, 2.24) is 9.38 Å². The predicted octanol–water partition coefficient (Wildman–Crippen LogP) is 2.40. The molecule has 0 bridgehead atoms. The van der Waals surface area contributed by atoms with E-state index in [1.165, 1.54) is 0 Å². The van der Waals surface area contributed by atoms with Crippen LogP contribution >= 0.6 is 15.9 Å². The molecule has 0 aliphatic rings. The molecule has 2 aromatic rings. The molecule has 0 unspecified atom stereocenters.